The number of nitrogens with zero attached hydrogens (tertiary/aromatic N) is 5. The van der Waals surface area contributed by atoms with Gasteiger partial charge in [0.25, 0.3) is 12.1 Å². The van der Waals surface area contributed by atoms with Crippen LogP contribution in [0.2, 0.25) is 0 Å². The van der Waals surface area contributed by atoms with E-state index in [4.69, 9.17) is 4.98 Å². The number of rotatable bonds is 3. The van der Waals surface area contributed by atoms with Crippen LogP contribution in [0.1, 0.15) is 99.8 Å². The van der Waals surface area contributed by atoms with Gasteiger partial charge in [-0.3, -0.25) is 0 Å². The van der Waals surface area contributed by atoms with Crippen molar-refractivity contribution in [2.45, 2.75) is 118 Å². The molecule has 254 valence electrons. The molecule has 0 aliphatic carbocycles. The van der Waals surface area contributed by atoms with Gasteiger partial charge in [0.15, 0.2) is 5.69 Å². The van der Waals surface area contributed by atoms with Gasteiger partial charge in [0, 0.05) is 30.1 Å². The van der Waals surface area contributed by atoms with Crippen LogP contribution in [0.4, 0.5) is 0 Å². The third-order valence-electron chi connectivity index (χ3n) is 11.5. The molecular weight excluding hydrogens is 599 g/mol. The lowest BCUT2D eigenvalue weighted by Crippen LogP contribution is -2.90. The van der Waals surface area contributed by atoms with Gasteiger partial charge in [-0.2, -0.15) is 4.57 Å². The van der Waals surface area contributed by atoms with Crippen molar-refractivity contribution < 1.29 is 4.57 Å². The average molecular weight is 653 g/mol. The van der Waals surface area contributed by atoms with Crippen LogP contribution in [0, 0.1) is 5.92 Å². The monoisotopic (exact) mass is 652 g/mol. The first-order valence-corrected chi connectivity index (χ1v) is 18.4. The summed E-state index contributed by atoms with van der Waals surface area (Å²) in [7, 11) is 2.27. The molecule has 0 radical (unpaired) electrons. The lowest BCUT2D eigenvalue weighted by atomic mass is 9.78. The molecule has 2 aliphatic rings. The van der Waals surface area contributed by atoms with E-state index in [1.807, 2.05) is 0 Å². The fourth-order valence-electron chi connectivity index (χ4n) is 9.83. The van der Waals surface area contributed by atoms with Gasteiger partial charge in [0.2, 0.25) is 5.52 Å². The summed E-state index contributed by atoms with van der Waals surface area (Å²) in [5, 5.41) is 6.55. The van der Waals surface area contributed by atoms with Gasteiger partial charge in [0.1, 0.15) is 5.52 Å². The SMILES string of the molecule is CC(C)C1N(C(C)C)C2(c3c(cc(C(C)(C)C)c4ccccc34)-c3c4c(nc[n+]32)c2cc(C(C)(C)C)c3ccccc3c2n4C)N1C(C)C. The van der Waals surface area contributed by atoms with Crippen LogP contribution in [0.5, 0.6) is 0 Å². The molecule has 4 heterocycles. The maximum Gasteiger partial charge on any atom is 0.290 e. The van der Waals surface area contributed by atoms with E-state index >= 15 is 0 Å². The quantitative estimate of drug-likeness (QED) is 0.178. The number of hydrogen-bond donors (Lipinski definition) is 0. The number of hydrogen-bond acceptors (Lipinski definition) is 3. The van der Waals surface area contributed by atoms with Gasteiger partial charge in [-0.05, 0) is 88.8 Å². The molecule has 5 nitrogen and oxygen atoms in total. The number of fused-ring (bicyclic) bond motifs is 13. The van der Waals surface area contributed by atoms with Crippen molar-refractivity contribution in [1.29, 1.82) is 0 Å². The van der Waals surface area contributed by atoms with Crippen LogP contribution in [-0.2, 0) is 23.7 Å². The highest BCUT2D eigenvalue weighted by atomic mass is 15.7. The highest BCUT2D eigenvalue weighted by molar-refractivity contribution is 6.19. The molecule has 0 amide bonds. The number of benzene rings is 4. The summed E-state index contributed by atoms with van der Waals surface area (Å²) in [6, 6.07) is 23.8. The lowest BCUT2D eigenvalue weighted by Gasteiger charge is -2.66. The first-order valence-electron chi connectivity index (χ1n) is 18.4. The van der Waals surface area contributed by atoms with Gasteiger partial charge in [-0.25, -0.2) is 9.80 Å². The van der Waals surface area contributed by atoms with Crippen LogP contribution in [0.3, 0.4) is 0 Å². The molecule has 1 spiro atoms. The number of aromatic nitrogens is 3. The zero-order chi connectivity index (χ0) is 35.1. The van der Waals surface area contributed by atoms with Gasteiger partial charge < -0.3 is 4.57 Å². The van der Waals surface area contributed by atoms with Crippen LogP contribution in [0.15, 0.2) is 67.0 Å². The molecule has 0 saturated carbocycles. The van der Waals surface area contributed by atoms with E-state index < -0.39 is 5.79 Å². The Morgan fingerprint density at radius 1 is 0.673 bits per heavy atom. The van der Waals surface area contributed by atoms with Gasteiger partial charge in [-0.15, -0.1) is 0 Å². The lowest BCUT2D eigenvalue weighted by molar-refractivity contribution is -0.821. The van der Waals surface area contributed by atoms with Gasteiger partial charge in [0.05, 0.1) is 22.6 Å². The molecule has 0 unspecified atom stereocenters. The molecular formula is C44H54N5+. The first-order chi connectivity index (χ1) is 23.0. The Morgan fingerprint density at radius 3 is 1.71 bits per heavy atom. The molecule has 2 aromatic heterocycles. The van der Waals surface area contributed by atoms with E-state index in [-0.39, 0.29) is 10.8 Å². The molecule has 8 rings (SSSR count). The minimum atomic E-state index is -0.506. The first kappa shape index (κ1) is 32.4. The second-order valence-corrected chi connectivity index (χ2v) is 17.8. The molecule has 0 atom stereocenters. The summed E-state index contributed by atoms with van der Waals surface area (Å²) in [6.07, 6.45) is 2.49. The van der Waals surface area contributed by atoms with Crippen molar-refractivity contribution in [3.63, 3.8) is 0 Å². The predicted octanol–water partition coefficient (Wildman–Crippen LogP) is 9.97. The molecule has 0 bridgehead atoms. The standard InChI is InChI=1S/C44H54N5/c1-25(2)41-48(26(3)4)44(49(41)27(5)6)36-30-20-16-14-18-28(30)34(42(7,8)9)22-32(36)39-40-37(45-24-47(39)44)33-23-35(43(10,11)12)29-19-15-17-21-31(29)38(33)46(40)13/h14-27,41H,1-13H3/q+1. The van der Waals surface area contributed by atoms with Crippen molar-refractivity contribution in [2.24, 2.45) is 13.0 Å². The third kappa shape index (κ3) is 4.06. The molecule has 4 aromatic carbocycles. The van der Waals surface area contributed by atoms with E-state index in [1.54, 1.807) is 0 Å². The summed E-state index contributed by atoms with van der Waals surface area (Å²) in [5.74, 6) is -0.0473. The second kappa shape index (κ2) is 10.4. The molecule has 49 heavy (non-hydrogen) atoms. The van der Waals surface area contributed by atoms with Crippen molar-refractivity contribution in [2.75, 3.05) is 0 Å². The zero-order valence-electron chi connectivity index (χ0n) is 31.9. The third-order valence-corrected chi connectivity index (χ3v) is 11.5. The van der Waals surface area contributed by atoms with Crippen molar-refractivity contribution in [1.82, 2.24) is 19.4 Å². The Balaban J connectivity index is 1.62. The average Bonchev–Trinajstić information content (AvgIpc) is 3.48. The van der Waals surface area contributed by atoms with Crippen molar-refractivity contribution in [3.8, 4) is 11.3 Å². The Hall–Kier alpha value is -3.80. The molecule has 6 aromatic rings. The maximum atomic E-state index is 5.49. The van der Waals surface area contributed by atoms with Gasteiger partial charge in [-0.1, -0.05) is 104 Å². The van der Waals surface area contributed by atoms with Crippen LogP contribution >= 0.6 is 0 Å². The second-order valence-electron chi connectivity index (χ2n) is 17.8. The number of aryl methyl sites for hydroxylation is 1. The molecule has 5 heteroatoms. The topological polar surface area (TPSA) is 28.2 Å². The summed E-state index contributed by atoms with van der Waals surface area (Å²) in [6.45, 7) is 28.3. The summed E-state index contributed by atoms with van der Waals surface area (Å²) in [5.41, 5.74) is 10.3. The van der Waals surface area contributed by atoms with Gasteiger partial charge >= 0.3 is 0 Å². The Kier molecular flexibility index (Phi) is 6.86. The van der Waals surface area contributed by atoms with E-state index in [2.05, 4.69) is 176 Å². The fraction of sp³-hybridized carbons (Fsp3) is 0.455. The highest BCUT2D eigenvalue weighted by Crippen LogP contribution is 2.57. The minimum absolute atomic E-state index is 0.00800. The molecule has 0 N–H and O–H groups in total. The van der Waals surface area contributed by atoms with E-state index in [0.29, 0.717) is 24.2 Å². The van der Waals surface area contributed by atoms with Crippen molar-refractivity contribution >= 4 is 43.5 Å². The predicted molar refractivity (Wildman–Crippen MR) is 206 cm³/mol. The molecule has 1 saturated heterocycles. The Labute approximate surface area is 292 Å². The maximum absolute atomic E-state index is 5.49. The van der Waals surface area contributed by atoms with Crippen LogP contribution in [-0.4, -0.2) is 37.6 Å². The summed E-state index contributed by atoms with van der Waals surface area (Å²) in [4.78, 5) is 11.1. The summed E-state index contributed by atoms with van der Waals surface area (Å²) >= 11 is 0. The Morgan fingerprint density at radius 2 is 1.18 bits per heavy atom. The molecule has 1 fully saturated rings. The van der Waals surface area contributed by atoms with Crippen LogP contribution < -0.4 is 4.57 Å². The largest absolute Gasteiger partial charge is 0.336 e. The fourth-order valence-corrected chi connectivity index (χ4v) is 9.83. The van der Waals surface area contributed by atoms with E-state index in [9.17, 15) is 0 Å². The smallest absolute Gasteiger partial charge is 0.290 e. The zero-order valence-corrected chi connectivity index (χ0v) is 31.9. The van der Waals surface area contributed by atoms with Crippen LogP contribution in [0.25, 0.3) is 54.7 Å². The summed E-state index contributed by atoms with van der Waals surface area (Å²) < 4.78 is 5.04. The molecule has 2 aliphatic heterocycles. The van der Waals surface area contributed by atoms with E-state index in [1.165, 1.54) is 65.9 Å². The normalized spacial score (nSPS) is 20.2. The highest BCUT2D eigenvalue weighted by Gasteiger charge is 2.70. The van der Waals surface area contributed by atoms with E-state index in [0.717, 1.165) is 5.52 Å². The Bertz CT molecular complexity index is 2310. The minimum Gasteiger partial charge on any atom is -0.336 e. The van der Waals surface area contributed by atoms with Crippen molar-refractivity contribution in [3.05, 3.63) is 83.7 Å².